The van der Waals surface area contributed by atoms with Crippen molar-refractivity contribution in [3.8, 4) is 11.3 Å². The third-order valence-corrected chi connectivity index (χ3v) is 3.99. The van der Waals surface area contributed by atoms with Crippen molar-refractivity contribution in [2.24, 2.45) is 7.05 Å². The number of aromatic nitrogens is 4. The van der Waals surface area contributed by atoms with E-state index in [2.05, 4.69) is 15.0 Å². The predicted octanol–water partition coefficient (Wildman–Crippen LogP) is 2.90. The molecule has 23 heavy (non-hydrogen) atoms. The molecule has 0 aliphatic heterocycles. The van der Waals surface area contributed by atoms with Crippen LogP contribution >= 0.6 is 0 Å². The molecule has 0 spiro atoms. The van der Waals surface area contributed by atoms with E-state index in [9.17, 15) is 4.79 Å². The summed E-state index contributed by atoms with van der Waals surface area (Å²) in [5.74, 6) is -0.343. The van der Waals surface area contributed by atoms with Gasteiger partial charge in [-0.05, 0) is 24.3 Å². The lowest BCUT2D eigenvalue weighted by Crippen LogP contribution is -2.00. The van der Waals surface area contributed by atoms with Gasteiger partial charge in [0.05, 0.1) is 12.7 Å². The summed E-state index contributed by atoms with van der Waals surface area (Å²) in [6.45, 7) is 0. The molecule has 4 aromatic rings. The van der Waals surface area contributed by atoms with Gasteiger partial charge in [0.2, 0.25) is 0 Å². The van der Waals surface area contributed by atoms with Crippen molar-refractivity contribution >= 4 is 27.9 Å². The maximum Gasteiger partial charge on any atom is 0.337 e. The zero-order chi connectivity index (χ0) is 16.0. The number of aromatic amines is 1. The van der Waals surface area contributed by atoms with E-state index in [0.717, 1.165) is 33.2 Å². The molecule has 114 valence electrons. The maximum atomic E-state index is 11.8. The summed E-state index contributed by atoms with van der Waals surface area (Å²) in [5.41, 5.74) is 4.30. The zero-order valence-electron chi connectivity index (χ0n) is 12.7. The first-order chi connectivity index (χ1) is 11.2. The number of nitrogens with one attached hydrogen (secondary N) is 1. The van der Waals surface area contributed by atoms with Crippen LogP contribution in [0.25, 0.3) is 33.2 Å². The molecule has 3 aromatic heterocycles. The molecule has 0 saturated carbocycles. The van der Waals surface area contributed by atoms with E-state index in [1.807, 2.05) is 36.0 Å². The molecule has 1 N–H and O–H groups in total. The second kappa shape index (κ2) is 4.95. The SMILES string of the molecule is COC(=O)c1ccc2c(c1)c(-c1cc3cncnc3[nH]1)cn2C. The molecule has 6 nitrogen and oxygen atoms in total. The van der Waals surface area contributed by atoms with Gasteiger partial charge in [-0.2, -0.15) is 0 Å². The molecule has 0 aliphatic carbocycles. The number of carbonyl (C=O) groups excluding carboxylic acids is 1. The summed E-state index contributed by atoms with van der Waals surface area (Å²) in [7, 11) is 3.36. The Labute approximate surface area is 131 Å². The Hall–Kier alpha value is -3.15. The number of hydrogen-bond donors (Lipinski definition) is 1. The molecule has 0 amide bonds. The van der Waals surface area contributed by atoms with Gasteiger partial charge < -0.3 is 14.3 Å². The standard InChI is InChI=1S/C17H14N4O2/c1-21-8-13(14-6-11-7-18-9-19-16(11)20-14)12-5-10(17(22)23-2)3-4-15(12)21/h3-9H,1-2H3,(H,18,19,20). The Morgan fingerprint density at radius 3 is 2.96 bits per heavy atom. The van der Waals surface area contributed by atoms with Crippen LogP contribution < -0.4 is 0 Å². The summed E-state index contributed by atoms with van der Waals surface area (Å²) in [5, 5.41) is 1.93. The van der Waals surface area contributed by atoms with E-state index in [-0.39, 0.29) is 5.97 Å². The van der Waals surface area contributed by atoms with Gasteiger partial charge >= 0.3 is 5.97 Å². The Morgan fingerprint density at radius 2 is 2.17 bits per heavy atom. The van der Waals surface area contributed by atoms with E-state index in [1.54, 1.807) is 12.3 Å². The van der Waals surface area contributed by atoms with Crippen LogP contribution in [0.2, 0.25) is 0 Å². The summed E-state index contributed by atoms with van der Waals surface area (Å²) >= 11 is 0. The molecule has 0 radical (unpaired) electrons. The highest BCUT2D eigenvalue weighted by Crippen LogP contribution is 2.32. The van der Waals surface area contributed by atoms with Crippen LogP contribution in [-0.4, -0.2) is 32.6 Å². The molecule has 0 aliphatic rings. The van der Waals surface area contributed by atoms with Gasteiger partial charge in [0.25, 0.3) is 0 Å². The van der Waals surface area contributed by atoms with Crippen LogP contribution in [0.4, 0.5) is 0 Å². The lowest BCUT2D eigenvalue weighted by atomic mass is 10.1. The largest absolute Gasteiger partial charge is 0.465 e. The van der Waals surface area contributed by atoms with Crippen molar-refractivity contribution in [2.45, 2.75) is 0 Å². The third-order valence-electron chi connectivity index (χ3n) is 3.99. The average Bonchev–Trinajstić information content (AvgIpc) is 3.15. The first kappa shape index (κ1) is 13.5. The fraction of sp³-hybridized carbons (Fsp3) is 0.118. The van der Waals surface area contributed by atoms with Gasteiger partial charge in [-0.25, -0.2) is 14.8 Å². The average molecular weight is 306 g/mol. The number of rotatable bonds is 2. The number of H-pyrrole nitrogens is 1. The minimum absolute atomic E-state index is 0.343. The molecule has 0 unspecified atom stereocenters. The van der Waals surface area contributed by atoms with Crippen molar-refractivity contribution in [3.63, 3.8) is 0 Å². The zero-order valence-corrected chi connectivity index (χ0v) is 12.7. The quantitative estimate of drug-likeness (QED) is 0.578. The molecule has 0 saturated heterocycles. The van der Waals surface area contributed by atoms with Gasteiger partial charge in [0.1, 0.15) is 12.0 Å². The summed E-state index contributed by atoms with van der Waals surface area (Å²) in [6, 6.07) is 7.56. The fourth-order valence-electron chi connectivity index (χ4n) is 2.87. The minimum Gasteiger partial charge on any atom is -0.465 e. The number of methoxy groups -OCH3 is 1. The Bertz CT molecular complexity index is 1010. The molecule has 4 rings (SSSR count). The van der Waals surface area contributed by atoms with E-state index in [0.29, 0.717) is 5.56 Å². The van der Waals surface area contributed by atoms with Crippen molar-refractivity contribution in [1.82, 2.24) is 19.5 Å². The molecule has 6 heteroatoms. The van der Waals surface area contributed by atoms with Crippen molar-refractivity contribution in [2.75, 3.05) is 7.11 Å². The third kappa shape index (κ3) is 2.07. The number of nitrogens with zero attached hydrogens (tertiary/aromatic N) is 3. The van der Waals surface area contributed by atoms with Gasteiger partial charge in [-0.15, -0.1) is 0 Å². The van der Waals surface area contributed by atoms with E-state index in [1.165, 1.54) is 13.4 Å². The van der Waals surface area contributed by atoms with E-state index < -0.39 is 0 Å². The molecular weight excluding hydrogens is 292 g/mol. The summed E-state index contributed by atoms with van der Waals surface area (Å²) in [6.07, 6.45) is 5.32. The molecule has 0 atom stereocenters. The molecule has 3 heterocycles. The van der Waals surface area contributed by atoms with E-state index >= 15 is 0 Å². The number of hydrogen-bond acceptors (Lipinski definition) is 4. The number of benzene rings is 1. The second-order valence-electron chi connectivity index (χ2n) is 5.39. The minimum atomic E-state index is -0.343. The predicted molar refractivity (Wildman–Crippen MR) is 87.1 cm³/mol. The van der Waals surface area contributed by atoms with Crippen LogP contribution in [0.15, 0.2) is 43.0 Å². The number of ether oxygens (including phenoxy) is 1. The monoisotopic (exact) mass is 306 g/mol. The van der Waals surface area contributed by atoms with Crippen molar-refractivity contribution in [3.05, 3.63) is 48.5 Å². The number of esters is 1. The van der Waals surface area contributed by atoms with E-state index in [4.69, 9.17) is 4.74 Å². The smallest absolute Gasteiger partial charge is 0.337 e. The van der Waals surface area contributed by atoms with Gasteiger partial charge in [-0.1, -0.05) is 0 Å². The maximum absolute atomic E-state index is 11.8. The Kier molecular flexibility index (Phi) is 2.90. The van der Waals surface area contributed by atoms with Crippen LogP contribution in [0.5, 0.6) is 0 Å². The summed E-state index contributed by atoms with van der Waals surface area (Å²) < 4.78 is 6.84. The molecule has 0 fully saturated rings. The Morgan fingerprint density at radius 1 is 1.30 bits per heavy atom. The van der Waals surface area contributed by atoms with Crippen molar-refractivity contribution in [1.29, 1.82) is 0 Å². The van der Waals surface area contributed by atoms with Gasteiger partial charge in [-0.3, -0.25) is 0 Å². The number of fused-ring (bicyclic) bond motifs is 2. The normalized spacial score (nSPS) is 11.2. The summed E-state index contributed by atoms with van der Waals surface area (Å²) in [4.78, 5) is 23.4. The van der Waals surface area contributed by atoms with Crippen LogP contribution in [0.3, 0.4) is 0 Å². The number of aryl methyl sites for hydroxylation is 1. The highest BCUT2D eigenvalue weighted by Gasteiger charge is 2.14. The molecular formula is C17H14N4O2. The van der Waals surface area contributed by atoms with Gasteiger partial charge in [0.15, 0.2) is 0 Å². The van der Waals surface area contributed by atoms with Crippen LogP contribution in [-0.2, 0) is 11.8 Å². The van der Waals surface area contributed by atoms with Crippen molar-refractivity contribution < 1.29 is 9.53 Å². The second-order valence-corrected chi connectivity index (χ2v) is 5.39. The van der Waals surface area contributed by atoms with Crippen LogP contribution in [0, 0.1) is 0 Å². The first-order valence-corrected chi connectivity index (χ1v) is 7.14. The lowest BCUT2D eigenvalue weighted by molar-refractivity contribution is 0.0601. The number of carbonyl (C=O) groups is 1. The first-order valence-electron chi connectivity index (χ1n) is 7.14. The van der Waals surface area contributed by atoms with Gasteiger partial charge in [0, 0.05) is 47.0 Å². The molecule has 1 aromatic carbocycles. The highest BCUT2D eigenvalue weighted by atomic mass is 16.5. The molecule has 0 bridgehead atoms. The topological polar surface area (TPSA) is 72.8 Å². The van der Waals surface area contributed by atoms with Crippen LogP contribution in [0.1, 0.15) is 10.4 Å². The fourth-order valence-corrected chi connectivity index (χ4v) is 2.87. The lowest BCUT2D eigenvalue weighted by Gasteiger charge is -2.01. The Balaban J connectivity index is 1.96. The highest BCUT2D eigenvalue weighted by molar-refractivity contribution is 6.02.